The van der Waals surface area contributed by atoms with Crippen LogP contribution in [0.5, 0.6) is 0 Å². The van der Waals surface area contributed by atoms with Crippen molar-refractivity contribution in [1.29, 1.82) is 0 Å². The van der Waals surface area contributed by atoms with Gasteiger partial charge in [0, 0.05) is 30.6 Å². The number of nitrogens with one attached hydrogen (secondary N) is 2. The SMILES string of the molecule is CC(C(=O)NC1CCNCC1c1ccccc1)c1ccc([N+](=O)[O-])cc1. The maximum Gasteiger partial charge on any atom is 0.269 e. The van der Waals surface area contributed by atoms with Crippen LogP contribution < -0.4 is 10.6 Å². The predicted octanol–water partition coefficient (Wildman–Crippen LogP) is 2.96. The minimum absolute atomic E-state index is 0.0313. The Hall–Kier alpha value is -2.73. The van der Waals surface area contributed by atoms with Crippen LogP contribution in [0.3, 0.4) is 0 Å². The van der Waals surface area contributed by atoms with E-state index < -0.39 is 4.92 Å². The molecule has 1 amide bonds. The first-order chi connectivity index (χ1) is 12.6. The summed E-state index contributed by atoms with van der Waals surface area (Å²) < 4.78 is 0. The van der Waals surface area contributed by atoms with Crippen molar-refractivity contribution in [2.24, 2.45) is 0 Å². The number of hydrogen-bond acceptors (Lipinski definition) is 4. The first-order valence-corrected chi connectivity index (χ1v) is 8.86. The number of rotatable bonds is 5. The number of piperidine rings is 1. The Morgan fingerprint density at radius 2 is 1.88 bits per heavy atom. The second-order valence-corrected chi connectivity index (χ2v) is 6.70. The summed E-state index contributed by atoms with van der Waals surface area (Å²) in [7, 11) is 0. The first-order valence-electron chi connectivity index (χ1n) is 8.86. The standard InChI is InChI=1S/C20H23N3O3/c1-14(15-7-9-17(10-8-15)23(25)26)20(24)22-19-11-12-21-13-18(19)16-5-3-2-4-6-16/h2-10,14,18-19,21H,11-13H2,1H3,(H,22,24). The second-order valence-electron chi connectivity index (χ2n) is 6.70. The number of nitrogens with zero attached hydrogens (tertiary/aromatic N) is 1. The van der Waals surface area contributed by atoms with E-state index in [1.807, 2.05) is 25.1 Å². The van der Waals surface area contributed by atoms with Gasteiger partial charge in [0.25, 0.3) is 5.69 Å². The summed E-state index contributed by atoms with van der Waals surface area (Å²) in [6, 6.07) is 16.5. The quantitative estimate of drug-likeness (QED) is 0.639. The van der Waals surface area contributed by atoms with Crippen LogP contribution in [0.4, 0.5) is 5.69 Å². The molecule has 1 aliphatic rings. The van der Waals surface area contributed by atoms with Crippen molar-refractivity contribution in [2.75, 3.05) is 13.1 Å². The van der Waals surface area contributed by atoms with E-state index in [0.29, 0.717) is 0 Å². The van der Waals surface area contributed by atoms with Gasteiger partial charge in [0.05, 0.1) is 10.8 Å². The number of carbonyl (C=O) groups excluding carboxylic acids is 1. The van der Waals surface area contributed by atoms with Crippen molar-refractivity contribution in [1.82, 2.24) is 10.6 Å². The van der Waals surface area contributed by atoms with Gasteiger partial charge in [-0.15, -0.1) is 0 Å². The highest BCUT2D eigenvalue weighted by Gasteiger charge is 2.29. The molecule has 136 valence electrons. The Kier molecular flexibility index (Phi) is 5.63. The Morgan fingerprint density at radius 3 is 2.54 bits per heavy atom. The third kappa shape index (κ3) is 4.08. The van der Waals surface area contributed by atoms with E-state index in [9.17, 15) is 14.9 Å². The zero-order valence-electron chi connectivity index (χ0n) is 14.7. The number of carbonyl (C=O) groups is 1. The van der Waals surface area contributed by atoms with E-state index in [1.165, 1.54) is 17.7 Å². The lowest BCUT2D eigenvalue weighted by Crippen LogP contribution is -2.49. The molecular formula is C20H23N3O3. The molecule has 3 unspecified atom stereocenters. The molecule has 0 spiro atoms. The fraction of sp³-hybridized carbons (Fsp3) is 0.350. The molecule has 6 heteroatoms. The minimum atomic E-state index is -0.437. The Balaban J connectivity index is 1.69. The minimum Gasteiger partial charge on any atom is -0.352 e. The molecule has 6 nitrogen and oxygen atoms in total. The molecule has 3 atom stereocenters. The van der Waals surface area contributed by atoms with Gasteiger partial charge in [0.15, 0.2) is 0 Å². The molecule has 2 aromatic carbocycles. The number of benzene rings is 2. The van der Waals surface area contributed by atoms with E-state index >= 15 is 0 Å². The highest BCUT2D eigenvalue weighted by molar-refractivity contribution is 5.83. The summed E-state index contributed by atoms with van der Waals surface area (Å²) in [5.41, 5.74) is 2.02. The van der Waals surface area contributed by atoms with Crippen LogP contribution in [0.25, 0.3) is 0 Å². The summed E-state index contributed by atoms with van der Waals surface area (Å²) in [5.74, 6) is -0.174. The molecule has 2 N–H and O–H groups in total. The van der Waals surface area contributed by atoms with Gasteiger partial charge in [-0.1, -0.05) is 42.5 Å². The van der Waals surface area contributed by atoms with Gasteiger partial charge in [-0.2, -0.15) is 0 Å². The number of non-ortho nitro benzene ring substituents is 1. The van der Waals surface area contributed by atoms with Crippen LogP contribution in [-0.4, -0.2) is 30.0 Å². The molecule has 1 heterocycles. The summed E-state index contributed by atoms with van der Waals surface area (Å²) in [6.45, 7) is 3.54. The average molecular weight is 353 g/mol. The van der Waals surface area contributed by atoms with Crippen molar-refractivity contribution in [3.05, 3.63) is 75.8 Å². The highest BCUT2D eigenvalue weighted by atomic mass is 16.6. The van der Waals surface area contributed by atoms with Crippen molar-refractivity contribution in [3.63, 3.8) is 0 Å². The Labute approximate surface area is 152 Å². The van der Waals surface area contributed by atoms with E-state index in [0.717, 1.165) is 25.1 Å². The summed E-state index contributed by atoms with van der Waals surface area (Å²) in [6.07, 6.45) is 0.873. The molecule has 1 aliphatic heterocycles. The van der Waals surface area contributed by atoms with Crippen LogP contribution in [-0.2, 0) is 4.79 Å². The van der Waals surface area contributed by atoms with Crippen LogP contribution in [0.15, 0.2) is 54.6 Å². The normalized spacial score (nSPS) is 21.0. The second kappa shape index (κ2) is 8.10. The van der Waals surface area contributed by atoms with E-state index in [2.05, 4.69) is 22.8 Å². The summed E-state index contributed by atoms with van der Waals surface area (Å²) in [5, 5.41) is 17.4. The molecular weight excluding hydrogens is 330 g/mol. The van der Waals surface area contributed by atoms with Crippen LogP contribution >= 0.6 is 0 Å². The van der Waals surface area contributed by atoms with Gasteiger partial charge < -0.3 is 10.6 Å². The van der Waals surface area contributed by atoms with Crippen molar-refractivity contribution in [2.45, 2.75) is 31.2 Å². The van der Waals surface area contributed by atoms with Gasteiger partial charge in [0.1, 0.15) is 0 Å². The number of hydrogen-bond donors (Lipinski definition) is 2. The average Bonchev–Trinajstić information content (AvgIpc) is 2.68. The molecule has 3 rings (SSSR count). The maximum atomic E-state index is 12.7. The van der Waals surface area contributed by atoms with Gasteiger partial charge >= 0.3 is 0 Å². The topological polar surface area (TPSA) is 84.3 Å². The smallest absolute Gasteiger partial charge is 0.269 e. The van der Waals surface area contributed by atoms with E-state index in [1.54, 1.807) is 12.1 Å². The maximum absolute atomic E-state index is 12.7. The van der Waals surface area contributed by atoms with Crippen molar-refractivity contribution in [3.8, 4) is 0 Å². The monoisotopic (exact) mass is 353 g/mol. The third-order valence-electron chi connectivity index (χ3n) is 5.03. The number of nitro groups is 1. The zero-order chi connectivity index (χ0) is 18.5. The molecule has 26 heavy (non-hydrogen) atoms. The van der Waals surface area contributed by atoms with E-state index in [4.69, 9.17) is 0 Å². The lowest BCUT2D eigenvalue weighted by atomic mass is 9.86. The molecule has 0 bridgehead atoms. The fourth-order valence-electron chi connectivity index (χ4n) is 3.43. The van der Waals surface area contributed by atoms with Gasteiger partial charge in [-0.3, -0.25) is 14.9 Å². The van der Waals surface area contributed by atoms with E-state index in [-0.39, 0.29) is 29.5 Å². The lowest BCUT2D eigenvalue weighted by molar-refractivity contribution is -0.384. The fourth-order valence-corrected chi connectivity index (χ4v) is 3.43. The van der Waals surface area contributed by atoms with Gasteiger partial charge in [-0.05, 0) is 31.0 Å². The first kappa shape index (κ1) is 18.1. The van der Waals surface area contributed by atoms with Crippen LogP contribution in [0.2, 0.25) is 0 Å². The van der Waals surface area contributed by atoms with Crippen molar-refractivity contribution >= 4 is 11.6 Å². The Morgan fingerprint density at radius 1 is 1.19 bits per heavy atom. The molecule has 1 fully saturated rings. The molecule has 0 radical (unpaired) electrons. The highest BCUT2D eigenvalue weighted by Crippen LogP contribution is 2.25. The summed E-state index contributed by atoms with van der Waals surface area (Å²) >= 11 is 0. The summed E-state index contributed by atoms with van der Waals surface area (Å²) in [4.78, 5) is 23.1. The molecule has 1 saturated heterocycles. The lowest BCUT2D eigenvalue weighted by Gasteiger charge is -2.34. The van der Waals surface area contributed by atoms with Crippen LogP contribution in [0.1, 0.15) is 36.3 Å². The largest absolute Gasteiger partial charge is 0.352 e. The molecule has 0 aromatic heterocycles. The third-order valence-corrected chi connectivity index (χ3v) is 5.03. The van der Waals surface area contributed by atoms with Crippen molar-refractivity contribution < 1.29 is 9.72 Å². The predicted molar refractivity (Wildman–Crippen MR) is 100 cm³/mol. The van der Waals surface area contributed by atoms with Crippen LogP contribution in [0, 0.1) is 10.1 Å². The molecule has 0 aliphatic carbocycles. The van der Waals surface area contributed by atoms with Gasteiger partial charge in [0.2, 0.25) is 5.91 Å². The Bertz CT molecular complexity index is 762. The zero-order valence-corrected chi connectivity index (χ0v) is 14.7. The number of amides is 1. The molecule has 0 saturated carbocycles. The molecule has 2 aromatic rings. The van der Waals surface area contributed by atoms with Gasteiger partial charge in [-0.25, -0.2) is 0 Å². The number of nitro benzene ring substituents is 1.